The summed E-state index contributed by atoms with van der Waals surface area (Å²) in [5.41, 5.74) is 4.86. The van der Waals surface area contributed by atoms with Crippen LogP contribution >= 0.6 is 11.3 Å². The lowest BCUT2D eigenvalue weighted by Crippen LogP contribution is -2.30. The third-order valence-electron chi connectivity index (χ3n) is 7.58. The number of thiophene rings is 1. The van der Waals surface area contributed by atoms with Crippen molar-refractivity contribution in [3.63, 3.8) is 0 Å². The Kier molecular flexibility index (Phi) is 7.04. The Morgan fingerprint density at radius 2 is 1.84 bits per heavy atom. The SMILES string of the molecule is CCCCN1C(=O)C(=Nc2sc3c(c2C(=O)Nc2ccccc2)CC[C@@H](C(C)(C)C)C3)c2ccccc21. The van der Waals surface area contributed by atoms with Gasteiger partial charge in [-0.1, -0.05) is 70.5 Å². The first-order valence-corrected chi connectivity index (χ1v) is 14.1. The van der Waals surface area contributed by atoms with E-state index in [0.29, 0.717) is 28.7 Å². The monoisotopic (exact) mass is 513 g/mol. The first-order chi connectivity index (χ1) is 17.8. The average Bonchev–Trinajstić information content (AvgIpc) is 3.37. The molecule has 192 valence electrons. The largest absolute Gasteiger partial charge is 0.322 e. The fourth-order valence-corrected chi connectivity index (χ4v) is 6.65. The predicted octanol–water partition coefficient (Wildman–Crippen LogP) is 7.42. The summed E-state index contributed by atoms with van der Waals surface area (Å²) in [6, 6.07) is 17.4. The van der Waals surface area contributed by atoms with E-state index in [1.54, 1.807) is 11.3 Å². The van der Waals surface area contributed by atoms with E-state index in [4.69, 9.17) is 4.99 Å². The summed E-state index contributed by atoms with van der Waals surface area (Å²) < 4.78 is 0. The first-order valence-electron chi connectivity index (χ1n) is 13.3. The zero-order chi connectivity index (χ0) is 26.2. The van der Waals surface area contributed by atoms with E-state index in [1.165, 1.54) is 4.88 Å². The first kappa shape index (κ1) is 25.4. The smallest absolute Gasteiger partial charge is 0.277 e. The lowest BCUT2D eigenvalue weighted by atomic mass is 9.72. The number of nitrogens with zero attached hydrogens (tertiary/aromatic N) is 2. The van der Waals surface area contributed by atoms with Gasteiger partial charge in [-0.05, 0) is 60.8 Å². The molecule has 1 aliphatic heterocycles. The Morgan fingerprint density at radius 1 is 1.11 bits per heavy atom. The lowest BCUT2D eigenvalue weighted by molar-refractivity contribution is -0.112. The minimum atomic E-state index is -0.154. The molecule has 6 heteroatoms. The van der Waals surface area contributed by atoms with Gasteiger partial charge in [-0.15, -0.1) is 11.3 Å². The van der Waals surface area contributed by atoms with Crippen molar-refractivity contribution >= 4 is 45.2 Å². The number of amides is 2. The lowest BCUT2D eigenvalue weighted by Gasteiger charge is -2.33. The van der Waals surface area contributed by atoms with Crippen LogP contribution in [0.3, 0.4) is 0 Å². The summed E-state index contributed by atoms with van der Waals surface area (Å²) in [5, 5.41) is 3.71. The summed E-state index contributed by atoms with van der Waals surface area (Å²) in [5.74, 6) is 0.310. The fraction of sp³-hybridized carbons (Fsp3) is 0.387. The molecule has 0 radical (unpaired) electrons. The van der Waals surface area contributed by atoms with Crippen LogP contribution in [0.15, 0.2) is 59.6 Å². The molecule has 1 aromatic heterocycles. The fourth-order valence-electron chi connectivity index (χ4n) is 5.35. The summed E-state index contributed by atoms with van der Waals surface area (Å²) in [6.45, 7) is 9.67. The zero-order valence-electron chi connectivity index (χ0n) is 22.1. The Bertz CT molecular complexity index is 1350. The number of rotatable bonds is 6. The van der Waals surface area contributed by atoms with E-state index >= 15 is 0 Å². The Labute approximate surface area is 223 Å². The molecule has 2 aliphatic rings. The second-order valence-corrected chi connectivity index (χ2v) is 12.2. The minimum absolute atomic E-state index is 0.0805. The normalized spacial score (nSPS) is 18.2. The molecule has 5 rings (SSSR count). The molecule has 1 aliphatic carbocycles. The van der Waals surface area contributed by atoms with Gasteiger partial charge in [0.15, 0.2) is 0 Å². The standard InChI is InChI=1S/C31H35N3O2S/c1-5-6-18-34-24-15-11-10-14-22(24)27(30(34)36)33-29-26(28(35)32-21-12-8-7-9-13-21)23-17-16-20(31(2,3)4)19-25(23)37-29/h7-15,20H,5-6,16-19H2,1-4H3,(H,32,35)/t20-/m1/s1. The number of aliphatic imine (C=N–C) groups is 1. The molecule has 2 aromatic carbocycles. The van der Waals surface area contributed by atoms with Crippen molar-refractivity contribution in [2.45, 2.75) is 59.8 Å². The number of fused-ring (bicyclic) bond motifs is 2. The van der Waals surface area contributed by atoms with E-state index in [-0.39, 0.29) is 17.2 Å². The molecular weight excluding hydrogens is 478 g/mol. The van der Waals surface area contributed by atoms with Crippen molar-refractivity contribution in [2.24, 2.45) is 16.3 Å². The highest BCUT2D eigenvalue weighted by Gasteiger charge is 2.36. The molecule has 0 saturated carbocycles. The molecule has 37 heavy (non-hydrogen) atoms. The molecule has 0 spiro atoms. The number of benzene rings is 2. The van der Waals surface area contributed by atoms with Crippen molar-refractivity contribution in [1.29, 1.82) is 0 Å². The molecule has 3 aromatic rings. The number of hydrogen-bond donors (Lipinski definition) is 1. The molecule has 1 atom stereocenters. The van der Waals surface area contributed by atoms with Gasteiger partial charge < -0.3 is 10.2 Å². The molecule has 0 saturated heterocycles. The van der Waals surface area contributed by atoms with Gasteiger partial charge in [-0.25, -0.2) is 4.99 Å². The molecule has 0 bridgehead atoms. The van der Waals surface area contributed by atoms with Crippen molar-refractivity contribution in [3.05, 3.63) is 76.2 Å². The number of carbonyl (C=O) groups is 2. The summed E-state index contributed by atoms with van der Waals surface area (Å²) in [6.07, 6.45) is 4.77. The van der Waals surface area contributed by atoms with Gasteiger partial charge in [0, 0.05) is 22.7 Å². The second kappa shape index (κ2) is 10.3. The number of nitrogens with one attached hydrogen (secondary N) is 1. The Hall–Kier alpha value is -3.25. The Morgan fingerprint density at radius 3 is 2.57 bits per heavy atom. The van der Waals surface area contributed by atoms with Crippen LogP contribution < -0.4 is 10.2 Å². The molecule has 0 unspecified atom stereocenters. The number of anilines is 2. The highest BCUT2D eigenvalue weighted by atomic mass is 32.1. The molecule has 2 amide bonds. The third kappa shape index (κ3) is 4.99. The number of carbonyl (C=O) groups excluding carboxylic acids is 2. The average molecular weight is 514 g/mol. The van der Waals surface area contributed by atoms with Gasteiger partial charge >= 0.3 is 0 Å². The van der Waals surface area contributed by atoms with Gasteiger partial charge in [0.25, 0.3) is 11.8 Å². The van der Waals surface area contributed by atoms with Gasteiger partial charge in [0.1, 0.15) is 10.7 Å². The van der Waals surface area contributed by atoms with Crippen LogP contribution in [0, 0.1) is 11.3 Å². The maximum atomic E-state index is 13.7. The van der Waals surface area contributed by atoms with Crippen LogP contribution in [0.25, 0.3) is 0 Å². The van der Waals surface area contributed by atoms with Crippen LogP contribution in [0.1, 0.15) is 73.3 Å². The number of hydrogen-bond acceptors (Lipinski definition) is 4. The zero-order valence-corrected chi connectivity index (χ0v) is 23.0. The van der Waals surface area contributed by atoms with Crippen LogP contribution in [0.4, 0.5) is 16.4 Å². The number of para-hydroxylation sites is 2. The van der Waals surface area contributed by atoms with Crippen molar-refractivity contribution in [2.75, 3.05) is 16.8 Å². The van der Waals surface area contributed by atoms with Crippen LogP contribution in [-0.4, -0.2) is 24.1 Å². The van der Waals surface area contributed by atoms with Gasteiger partial charge in [-0.3, -0.25) is 9.59 Å². The minimum Gasteiger partial charge on any atom is -0.322 e. The van der Waals surface area contributed by atoms with Gasteiger partial charge in [0.2, 0.25) is 0 Å². The van der Waals surface area contributed by atoms with Crippen molar-refractivity contribution < 1.29 is 9.59 Å². The predicted molar refractivity (Wildman–Crippen MR) is 154 cm³/mol. The Balaban J connectivity index is 1.59. The summed E-state index contributed by atoms with van der Waals surface area (Å²) in [7, 11) is 0. The second-order valence-electron chi connectivity index (χ2n) is 11.1. The number of unbranched alkanes of at least 4 members (excludes halogenated alkanes) is 1. The highest BCUT2D eigenvalue weighted by Crippen LogP contribution is 2.46. The van der Waals surface area contributed by atoms with Crippen molar-refractivity contribution in [3.8, 4) is 0 Å². The quantitative estimate of drug-likeness (QED) is 0.373. The summed E-state index contributed by atoms with van der Waals surface area (Å²) in [4.78, 5) is 35.3. The summed E-state index contributed by atoms with van der Waals surface area (Å²) >= 11 is 1.58. The maximum Gasteiger partial charge on any atom is 0.277 e. The molecule has 2 heterocycles. The van der Waals surface area contributed by atoms with Gasteiger partial charge in [-0.2, -0.15) is 0 Å². The highest BCUT2D eigenvalue weighted by molar-refractivity contribution is 7.16. The molecule has 0 fully saturated rings. The van der Waals surface area contributed by atoms with E-state index < -0.39 is 0 Å². The van der Waals surface area contributed by atoms with Gasteiger partial charge in [0.05, 0.1) is 11.3 Å². The van der Waals surface area contributed by atoms with E-state index in [1.807, 2.05) is 59.5 Å². The molecular formula is C31H35N3O2S. The van der Waals surface area contributed by atoms with E-state index in [2.05, 4.69) is 33.0 Å². The third-order valence-corrected chi connectivity index (χ3v) is 8.72. The topological polar surface area (TPSA) is 61.8 Å². The van der Waals surface area contributed by atoms with Crippen LogP contribution in [0.5, 0.6) is 0 Å². The molecule has 1 N–H and O–H groups in total. The van der Waals surface area contributed by atoms with E-state index in [9.17, 15) is 9.59 Å². The van der Waals surface area contributed by atoms with E-state index in [0.717, 1.165) is 54.6 Å². The van der Waals surface area contributed by atoms with Crippen LogP contribution in [0.2, 0.25) is 0 Å². The van der Waals surface area contributed by atoms with Crippen molar-refractivity contribution in [1.82, 2.24) is 0 Å². The maximum absolute atomic E-state index is 13.7. The van der Waals surface area contributed by atoms with Crippen LogP contribution in [-0.2, 0) is 17.6 Å². The molecule has 5 nitrogen and oxygen atoms in total.